The first-order valence-corrected chi connectivity index (χ1v) is 20.2. The van der Waals surface area contributed by atoms with Gasteiger partial charge in [0.2, 0.25) is 0 Å². The van der Waals surface area contributed by atoms with Gasteiger partial charge in [0.1, 0.15) is 11.6 Å². The normalized spacial score (nSPS) is 11.3. The molecule has 65 heavy (non-hydrogen) atoms. The molecule has 10 heteroatoms. The topological polar surface area (TPSA) is 90.0 Å². The van der Waals surface area contributed by atoms with E-state index in [1.807, 2.05) is 94.1 Å². The van der Waals surface area contributed by atoms with E-state index in [0.717, 1.165) is 27.6 Å². The number of para-hydroxylation sites is 2. The van der Waals surface area contributed by atoms with Gasteiger partial charge in [-0.15, -0.1) is 0 Å². The van der Waals surface area contributed by atoms with Crippen molar-refractivity contribution in [1.29, 1.82) is 15.8 Å². The smallest absolute Gasteiger partial charge is 0.308 e. The van der Waals surface area contributed by atoms with E-state index in [0.29, 0.717) is 78.1 Å². The van der Waals surface area contributed by atoms with E-state index < -0.39 is 11.7 Å². The highest BCUT2D eigenvalue weighted by molar-refractivity contribution is 6.12. The molecular formula is C55H28F3N7. The van der Waals surface area contributed by atoms with Crippen LogP contribution >= 0.6 is 0 Å². The molecule has 8 aromatic carbocycles. The fraction of sp³-hybridized carbons (Fsp3) is 0.0364. The summed E-state index contributed by atoms with van der Waals surface area (Å²) in [6, 6.07) is 50.7. The predicted octanol–water partition coefficient (Wildman–Crippen LogP) is 14.9. The van der Waals surface area contributed by atoms with E-state index >= 15 is 13.2 Å². The molecule has 0 atom stereocenters. The van der Waals surface area contributed by atoms with E-state index in [9.17, 15) is 15.8 Å². The van der Waals surface area contributed by atoms with Crippen LogP contribution in [0.5, 0.6) is 0 Å². The molecule has 304 valence electrons. The number of alkyl halides is 3. The van der Waals surface area contributed by atoms with E-state index in [-0.39, 0.29) is 22.4 Å². The molecule has 0 aliphatic carbocycles. The number of rotatable bonds is 5. The third-order valence-corrected chi connectivity index (χ3v) is 12.0. The number of nitrogens with zero attached hydrogens (tertiary/aromatic N) is 7. The van der Waals surface area contributed by atoms with Gasteiger partial charge in [0.25, 0.3) is 0 Å². The Bertz CT molecular complexity index is 3690. The van der Waals surface area contributed by atoms with Crippen LogP contribution in [0.4, 0.5) is 24.5 Å². The van der Waals surface area contributed by atoms with Crippen LogP contribution in [0.2, 0.25) is 0 Å². The molecule has 0 spiro atoms. The highest BCUT2D eigenvalue weighted by atomic mass is 19.4. The number of fused-ring (bicyclic) bond motifs is 6. The zero-order valence-corrected chi connectivity index (χ0v) is 34.2. The fourth-order valence-corrected chi connectivity index (χ4v) is 9.19. The first-order chi connectivity index (χ1) is 31.6. The predicted molar refractivity (Wildman–Crippen MR) is 248 cm³/mol. The Labute approximate surface area is 370 Å². The number of nitriles is 3. The SMILES string of the molecule is [C-]#[N+]c1ccc(-c2ccc3c4ccccc4n(-c4cc(-c5c(C)cccc5C(F)(F)F)cc(-n5c6ccccc6c6ccc(-c7ccc(C#N)cc7C#N)cc65)c4C#N)c3c2)c([N+]#[C-])c1. The van der Waals surface area contributed by atoms with E-state index in [1.165, 1.54) is 12.1 Å². The zero-order valence-electron chi connectivity index (χ0n) is 34.2. The summed E-state index contributed by atoms with van der Waals surface area (Å²) in [5.41, 5.74) is 7.01. The molecule has 7 nitrogen and oxygen atoms in total. The van der Waals surface area contributed by atoms with Crippen molar-refractivity contribution in [3.63, 3.8) is 0 Å². The molecule has 10 rings (SSSR count). The Kier molecular flexibility index (Phi) is 9.29. The second-order valence-corrected chi connectivity index (χ2v) is 15.6. The summed E-state index contributed by atoms with van der Waals surface area (Å²) in [5, 5.41) is 34.5. The van der Waals surface area contributed by atoms with Crippen LogP contribution in [0.1, 0.15) is 27.8 Å². The maximum Gasteiger partial charge on any atom is 0.417 e. The number of hydrogen-bond donors (Lipinski definition) is 0. The molecule has 0 saturated heterocycles. The Morgan fingerprint density at radius 3 is 1.66 bits per heavy atom. The van der Waals surface area contributed by atoms with Gasteiger partial charge in [0.05, 0.1) is 75.4 Å². The van der Waals surface area contributed by atoms with Crippen LogP contribution < -0.4 is 0 Å². The maximum absolute atomic E-state index is 15.1. The summed E-state index contributed by atoms with van der Waals surface area (Å²) in [6.45, 7) is 17.1. The van der Waals surface area contributed by atoms with E-state index in [1.54, 1.807) is 55.5 Å². The molecule has 2 aromatic heterocycles. The van der Waals surface area contributed by atoms with Crippen LogP contribution in [0.15, 0.2) is 152 Å². The van der Waals surface area contributed by atoms with Gasteiger partial charge in [0.15, 0.2) is 11.4 Å². The standard InChI is InChI=1S/C55H28F3N7/c1-32-9-8-12-46(55(56,57)58)54(32)36-26-52(64-48-13-6-4-10-41(48)43-20-16-34(24-50(43)64)39-19-15-33(29-59)23-37(39)30-60)45(31-61)53(27-36)65-49-14-7-5-11-42(49)44-21-17-35(25-51(44)65)40-22-18-38(62-2)28-47(40)63-3/h4-28H,1H3. The van der Waals surface area contributed by atoms with Crippen LogP contribution in [0, 0.1) is 54.1 Å². The number of hydrogen-bond acceptors (Lipinski definition) is 3. The molecule has 2 heterocycles. The molecule has 0 bridgehead atoms. The first kappa shape index (κ1) is 39.7. The summed E-state index contributed by atoms with van der Waals surface area (Å²) in [7, 11) is 0. The van der Waals surface area contributed by atoms with Crippen molar-refractivity contribution in [3.05, 3.63) is 202 Å². The van der Waals surface area contributed by atoms with E-state index in [2.05, 4.69) is 27.9 Å². The molecule has 0 aliphatic rings. The minimum absolute atomic E-state index is 0.0345. The van der Waals surface area contributed by atoms with Crippen molar-refractivity contribution in [3.8, 4) is 63.0 Å². The Morgan fingerprint density at radius 2 is 1.11 bits per heavy atom. The minimum atomic E-state index is -4.72. The quantitative estimate of drug-likeness (QED) is 0.162. The molecule has 0 N–H and O–H groups in total. The summed E-state index contributed by atoms with van der Waals surface area (Å²) < 4.78 is 49.2. The first-order valence-electron chi connectivity index (χ1n) is 20.2. The van der Waals surface area contributed by atoms with Crippen LogP contribution in [-0.4, -0.2) is 9.13 Å². The van der Waals surface area contributed by atoms with E-state index in [4.69, 9.17) is 13.1 Å². The molecular weight excluding hydrogens is 816 g/mol. The lowest BCUT2D eigenvalue weighted by atomic mass is 9.92. The largest absolute Gasteiger partial charge is 0.417 e. The van der Waals surface area contributed by atoms with Crippen molar-refractivity contribution in [1.82, 2.24) is 9.13 Å². The Morgan fingerprint density at radius 1 is 0.523 bits per heavy atom. The Balaban J connectivity index is 1.36. The minimum Gasteiger partial charge on any atom is -0.308 e. The molecule has 0 amide bonds. The van der Waals surface area contributed by atoms with Gasteiger partial charge < -0.3 is 9.13 Å². The zero-order chi connectivity index (χ0) is 45.1. The maximum atomic E-state index is 15.1. The number of benzene rings is 8. The average molecular weight is 844 g/mol. The number of aromatic nitrogens is 2. The lowest BCUT2D eigenvalue weighted by Crippen LogP contribution is -2.10. The molecule has 0 unspecified atom stereocenters. The summed E-state index contributed by atoms with van der Waals surface area (Å²) in [5.74, 6) is 0. The summed E-state index contributed by atoms with van der Waals surface area (Å²) in [6.07, 6.45) is -4.72. The van der Waals surface area contributed by atoms with Crippen molar-refractivity contribution in [2.75, 3.05) is 0 Å². The summed E-state index contributed by atoms with van der Waals surface area (Å²) in [4.78, 5) is 7.24. The van der Waals surface area contributed by atoms with Crippen molar-refractivity contribution < 1.29 is 13.2 Å². The van der Waals surface area contributed by atoms with Crippen LogP contribution in [0.3, 0.4) is 0 Å². The highest BCUT2D eigenvalue weighted by Crippen LogP contribution is 2.45. The van der Waals surface area contributed by atoms with Crippen LogP contribution in [0.25, 0.3) is 98.1 Å². The van der Waals surface area contributed by atoms with Crippen molar-refractivity contribution in [2.24, 2.45) is 0 Å². The van der Waals surface area contributed by atoms with Crippen molar-refractivity contribution >= 4 is 55.0 Å². The highest BCUT2D eigenvalue weighted by Gasteiger charge is 2.35. The summed E-state index contributed by atoms with van der Waals surface area (Å²) >= 11 is 0. The van der Waals surface area contributed by atoms with Gasteiger partial charge in [-0.2, -0.15) is 29.0 Å². The lowest BCUT2D eigenvalue weighted by Gasteiger charge is -2.21. The number of halogens is 3. The monoisotopic (exact) mass is 843 g/mol. The lowest BCUT2D eigenvalue weighted by molar-refractivity contribution is -0.137. The van der Waals surface area contributed by atoms with Gasteiger partial charge in [-0.3, -0.25) is 0 Å². The second-order valence-electron chi connectivity index (χ2n) is 15.6. The third kappa shape index (κ3) is 6.32. The Hall–Kier alpha value is -9.40. The third-order valence-electron chi connectivity index (χ3n) is 12.0. The van der Waals surface area contributed by atoms with Gasteiger partial charge >= 0.3 is 6.18 Å². The van der Waals surface area contributed by atoms with Gasteiger partial charge in [-0.25, -0.2) is 9.69 Å². The molecule has 0 aliphatic heterocycles. The fourth-order valence-electron chi connectivity index (χ4n) is 9.19. The van der Waals surface area contributed by atoms with Gasteiger partial charge in [0, 0.05) is 21.5 Å². The number of aryl methyl sites for hydroxylation is 1. The van der Waals surface area contributed by atoms with Crippen LogP contribution in [-0.2, 0) is 6.18 Å². The van der Waals surface area contributed by atoms with Gasteiger partial charge in [-0.1, -0.05) is 97.1 Å². The molecule has 0 radical (unpaired) electrons. The second kappa shape index (κ2) is 15.2. The average Bonchev–Trinajstić information content (AvgIpc) is 3.84. The molecule has 10 aromatic rings. The van der Waals surface area contributed by atoms with Crippen molar-refractivity contribution in [2.45, 2.75) is 13.1 Å². The molecule has 0 fully saturated rings. The van der Waals surface area contributed by atoms with Gasteiger partial charge in [-0.05, 0) is 100 Å². The molecule has 0 saturated carbocycles.